The van der Waals surface area contributed by atoms with E-state index in [1.807, 2.05) is 24.5 Å². The fourth-order valence-corrected chi connectivity index (χ4v) is 4.69. The summed E-state index contributed by atoms with van der Waals surface area (Å²) in [6, 6.07) is 22.3. The molecule has 0 aliphatic heterocycles. The number of aryl methyl sites for hydroxylation is 2. The van der Waals surface area contributed by atoms with Crippen molar-refractivity contribution in [3.63, 3.8) is 0 Å². The van der Waals surface area contributed by atoms with Crippen LogP contribution in [-0.4, -0.2) is 24.7 Å². The van der Waals surface area contributed by atoms with Gasteiger partial charge in [0, 0.05) is 50.1 Å². The molecule has 0 atom stereocenters. The van der Waals surface area contributed by atoms with E-state index < -0.39 is 25.4 Å². The van der Waals surface area contributed by atoms with Crippen molar-refractivity contribution < 1.29 is 47.2 Å². The molecule has 0 radical (unpaired) electrons. The van der Waals surface area contributed by atoms with Crippen LogP contribution in [-0.2, 0) is 32.7 Å². The topological polar surface area (TPSA) is 65.7 Å². The standard InChI is InChI=1S/C37H30F3N5O.Pt/c1-23-14-27(35-42-19-28(20-43-35)37(38,39)40)15-24(2)34(23)26-12-13-41-33(17-26)25-8-6-10-31(16-25)46-32-11-7-9-30(18-32)45-22-29(21-44-45)36(3,4)5;/h6-15,17,19-22H,1-5H3;/q-2;+2/i1D3,2D3;. The minimum Gasteiger partial charge on any atom is -0.503 e. The Morgan fingerprint density at radius 1 is 0.787 bits per heavy atom. The summed E-state index contributed by atoms with van der Waals surface area (Å²) >= 11 is 0. The van der Waals surface area contributed by atoms with Gasteiger partial charge in [0.15, 0.2) is 5.82 Å². The Hall–Kier alpha value is -4.62. The summed E-state index contributed by atoms with van der Waals surface area (Å²) in [6.07, 6.45) is 1.58. The molecular weight excluding hydrogens is 783 g/mol. The molecule has 3 heterocycles. The summed E-state index contributed by atoms with van der Waals surface area (Å²) in [5.41, 5.74) is 0.741. The molecule has 3 aromatic carbocycles. The van der Waals surface area contributed by atoms with Crippen molar-refractivity contribution in [1.82, 2.24) is 24.7 Å². The number of rotatable bonds is 6. The fraction of sp³-hybridized carbons (Fsp3) is 0.189. The third kappa shape index (κ3) is 7.52. The second-order valence-electron chi connectivity index (χ2n) is 11.5. The molecule has 0 aliphatic rings. The number of hydrogen-bond acceptors (Lipinski definition) is 5. The number of hydrogen-bond donors (Lipinski definition) is 0. The zero-order valence-corrected chi connectivity index (χ0v) is 27.5. The van der Waals surface area contributed by atoms with Gasteiger partial charge in [-0.15, -0.1) is 42.0 Å². The number of halogens is 3. The van der Waals surface area contributed by atoms with Crippen LogP contribution in [0.3, 0.4) is 0 Å². The average Bonchev–Trinajstić information content (AvgIpc) is 3.59. The van der Waals surface area contributed by atoms with Gasteiger partial charge in [0.05, 0.1) is 11.8 Å². The molecule has 0 bridgehead atoms. The van der Waals surface area contributed by atoms with E-state index in [1.165, 1.54) is 24.4 Å². The van der Waals surface area contributed by atoms with Gasteiger partial charge in [-0.25, -0.2) is 9.97 Å². The quantitative estimate of drug-likeness (QED) is 0.157. The first-order chi connectivity index (χ1) is 24.3. The summed E-state index contributed by atoms with van der Waals surface area (Å²) in [7, 11) is 0. The van der Waals surface area contributed by atoms with E-state index in [9.17, 15) is 13.2 Å². The summed E-state index contributed by atoms with van der Waals surface area (Å²) in [6.45, 7) is 0.622. The van der Waals surface area contributed by atoms with Gasteiger partial charge in [0.1, 0.15) is 0 Å². The first kappa shape index (κ1) is 26.4. The summed E-state index contributed by atoms with van der Waals surface area (Å²) in [4.78, 5) is 11.9. The van der Waals surface area contributed by atoms with E-state index in [0.717, 1.165) is 5.56 Å². The molecular formula is C37H30F3N5OPt. The SMILES string of the molecule is [2H]C([2H])([2H])c1cc(-c2ncc(C(F)(F)F)cn2)cc(C([2H])([2H])[2H])c1-c1ccnc(-c2[c-]c(Oc3[c-]c(-n4cc(C(C)(C)C)cn4)ccc3)ccc2)c1.[Pt+2]. The Morgan fingerprint density at radius 3 is 2.11 bits per heavy atom. The second-order valence-corrected chi connectivity index (χ2v) is 11.5. The van der Waals surface area contributed by atoms with E-state index in [4.69, 9.17) is 13.0 Å². The molecule has 6 rings (SSSR count). The van der Waals surface area contributed by atoms with Gasteiger partial charge < -0.3 is 9.72 Å². The predicted molar refractivity (Wildman–Crippen MR) is 171 cm³/mol. The van der Waals surface area contributed by atoms with Gasteiger partial charge in [0.2, 0.25) is 0 Å². The van der Waals surface area contributed by atoms with E-state index >= 15 is 0 Å². The van der Waals surface area contributed by atoms with Crippen molar-refractivity contribution in [2.45, 2.75) is 46.1 Å². The Labute approximate surface area is 294 Å². The van der Waals surface area contributed by atoms with Crippen LogP contribution in [0.2, 0.25) is 0 Å². The first-order valence-electron chi connectivity index (χ1n) is 17.1. The van der Waals surface area contributed by atoms with Gasteiger partial charge in [-0.1, -0.05) is 32.9 Å². The number of alkyl halides is 3. The Bertz CT molecular complexity index is 2210. The molecule has 0 unspecified atom stereocenters. The predicted octanol–water partition coefficient (Wildman–Crippen LogP) is 9.38. The van der Waals surface area contributed by atoms with Crippen LogP contribution in [0.4, 0.5) is 13.2 Å². The summed E-state index contributed by atoms with van der Waals surface area (Å²) in [5, 5.41) is 4.46. The molecule has 6 nitrogen and oxygen atoms in total. The summed E-state index contributed by atoms with van der Waals surface area (Å²) < 4.78 is 97.0. The fourth-order valence-electron chi connectivity index (χ4n) is 4.69. The molecule has 0 saturated carbocycles. The first-order valence-corrected chi connectivity index (χ1v) is 14.1. The van der Waals surface area contributed by atoms with E-state index in [1.54, 1.807) is 35.0 Å². The molecule has 0 N–H and O–H groups in total. The minimum absolute atomic E-state index is 0. The molecule has 6 aromatic rings. The third-order valence-electron chi connectivity index (χ3n) is 7.14. The van der Waals surface area contributed by atoms with Crippen LogP contribution >= 0.6 is 0 Å². The van der Waals surface area contributed by atoms with Gasteiger partial charge in [-0.3, -0.25) is 4.68 Å². The van der Waals surface area contributed by atoms with E-state index in [2.05, 4.69) is 53.0 Å². The number of aromatic nitrogens is 5. The second kappa shape index (κ2) is 13.2. The van der Waals surface area contributed by atoms with E-state index in [0.29, 0.717) is 40.8 Å². The van der Waals surface area contributed by atoms with Crippen molar-refractivity contribution in [2.75, 3.05) is 0 Å². The molecule has 0 fully saturated rings. The third-order valence-corrected chi connectivity index (χ3v) is 7.14. The van der Waals surface area contributed by atoms with Gasteiger partial charge >= 0.3 is 27.2 Å². The number of nitrogens with zero attached hydrogens (tertiary/aromatic N) is 5. The van der Waals surface area contributed by atoms with Gasteiger partial charge in [-0.05, 0) is 76.5 Å². The largest absolute Gasteiger partial charge is 2.00 e. The molecule has 47 heavy (non-hydrogen) atoms. The molecule has 3 aromatic heterocycles. The van der Waals surface area contributed by atoms with Crippen molar-refractivity contribution in [1.29, 1.82) is 0 Å². The zero-order valence-electron chi connectivity index (χ0n) is 31.3. The molecule has 0 aliphatic carbocycles. The average molecular weight is 819 g/mol. The van der Waals surface area contributed by atoms with Gasteiger partial charge in [-0.2, -0.15) is 24.3 Å². The van der Waals surface area contributed by atoms with E-state index in [-0.39, 0.29) is 60.1 Å². The van der Waals surface area contributed by atoms with Crippen LogP contribution in [0, 0.1) is 25.8 Å². The van der Waals surface area contributed by atoms with Crippen LogP contribution < -0.4 is 4.74 Å². The Kier molecular flexibility index (Phi) is 7.45. The zero-order chi connectivity index (χ0) is 37.6. The number of benzene rings is 3. The minimum atomic E-state index is -4.70. The maximum atomic E-state index is 13.1. The van der Waals surface area contributed by atoms with Crippen molar-refractivity contribution >= 4 is 0 Å². The molecule has 240 valence electrons. The normalized spacial score (nSPS) is 14.1. The van der Waals surface area contributed by atoms with Crippen molar-refractivity contribution in [3.05, 3.63) is 126 Å². The van der Waals surface area contributed by atoms with Gasteiger partial charge in [0.25, 0.3) is 0 Å². The van der Waals surface area contributed by atoms with Crippen LogP contribution in [0.15, 0.2) is 91.6 Å². The molecule has 0 spiro atoms. The van der Waals surface area contributed by atoms with Crippen molar-refractivity contribution in [2.24, 2.45) is 0 Å². The van der Waals surface area contributed by atoms with Crippen LogP contribution in [0.25, 0.3) is 39.5 Å². The van der Waals surface area contributed by atoms with Crippen LogP contribution in [0.5, 0.6) is 11.5 Å². The summed E-state index contributed by atoms with van der Waals surface area (Å²) in [5.74, 6) is 0.475. The smallest absolute Gasteiger partial charge is 0.503 e. The number of pyridine rings is 1. The van der Waals surface area contributed by atoms with Crippen LogP contribution in [0.1, 0.15) is 51.2 Å². The maximum absolute atomic E-state index is 13.1. The number of ether oxygens (including phenoxy) is 1. The molecule has 0 amide bonds. The maximum Gasteiger partial charge on any atom is 2.00 e. The Balaban J connectivity index is 0.00000541. The monoisotopic (exact) mass is 818 g/mol. The Morgan fingerprint density at radius 2 is 1.47 bits per heavy atom. The van der Waals surface area contributed by atoms with Crippen molar-refractivity contribution in [3.8, 4) is 51.0 Å². The molecule has 0 saturated heterocycles. The molecule has 10 heteroatoms.